The average molecular weight is 450 g/mol. The number of nitrogens with zero attached hydrogens (tertiary/aromatic N) is 2. The Labute approximate surface area is 183 Å². The second-order valence-electron chi connectivity index (χ2n) is 7.91. The molecule has 164 valence electrons. The fourth-order valence-electron chi connectivity index (χ4n) is 3.58. The zero-order valence-electron chi connectivity index (χ0n) is 17.3. The lowest BCUT2D eigenvalue weighted by molar-refractivity contribution is -0.0196. The predicted molar refractivity (Wildman–Crippen MR) is 114 cm³/mol. The molecule has 0 aliphatic carbocycles. The summed E-state index contributed by atoms with van der Waals surface area (Å²) < 4.78 is 38.9. The van der Waals surface area contributed by atoms with Gasteiger partial charge in [0.15, 0.2) is 0 Å². The van der Waals surface area contributed by atoms with Crippen LogP contribution in [-0.4, -0.2) is 28.3 Å². The number of ether oxygens (including phenoxy) is 2. The van der Waals surface area contributed by atoms with Crippen molar-refractivity contribution in [2.45, 2.75) is 32.8 Å². The van der Waals surface area contributed by atoms with Gasteiger partial charge in [-0.1, -0.05) is 25.4 Å². The van der Waals surface area contributed by atoms with E-state index in [1.54, 1.807) is 19.1 Å². The SMILES string of the molecule is CC(C)CC(C)(COc1ncc(-c2ccnc3cc(F)cc(F)c23)cc1Cl)OC(N)=O. The van der Waals surface area contributed by atoms with Gasteiger partial charge in [0, 0.05) is 35.5 Å². The smallest absolute Gasteiger partial charge is 0.405 e. The van der Waals surface area contributed by atoms with Crippen LogP contribution in [0.4, 0.5) is 13.6 Å². The number of pyridine rings is 2. The van der Waals surface area contributed by atoms with E-state index in [1.165, 1.54) is 12.4 Å². The van der Waals surface area contributed by atoms with E-state index in [2.05, 4.69) is 9.97 Å². The zero-order chi connectivity index (χ0) is 22.8. The molecule has 1 amide bonds. The number of aromatic nitrogens is 2. The number of benzene rings is 1. The van der Waals surface area contributed by atoms with Crippen LogP contribution in [0, 0.1) is 17.6 Å². The van der Waals surface area contributed by atoms with Crippen molar-refractivity contribution < 1.29 is 23.0 Å². The van der Waals surface area contributed by atoms with Crippen LogP contribution in [0.3, 0.4) is 0 Å². The summed E-state index contributed by atoms with van der Waals surface area (Å²) in [5.41, 5.74) is 5.38. The van der Waals surface area contributed by atoms with Gasteiger partial charge in [-0.2, -0.15) is 0 Å². The van der Waals surface area contributed by atoms with Crippen LogP contribution in [0.2, 0.25) is 5.02 Å². The lowest BCUT2D eigenvalue weighted by Gasteiger charge is -2.30. The molecular weight excluding hydrogens is 428 g/mol. The lowest BCUT2D eigenvalue weighted by Crippen LogP contribution is -2.41. The second-order valence-corrected chi connectivity index (χ2v) is 8.32. The van der Waals surface area contributed by atoms with E-state index >= 15 is 0 Å². The van der Waals surface area contributed by atoms with Crippen LogP contribution in [-0.2, 0) is 4.74 Å². The Hall–Kier alpha value is -3.00. The Morgan fingerprint density at radius 1 is 1.26 bits per heavy atom. The molecule has 2 heterocycles. The molecule has 3 rings (SSSR count). The fraction of sp³-hybridized carbons (Fsp3) is 0.318. The molecule has 6 nitrogen and oxygen atoms in total. The highest BCUT2D eigenvalue weighted by atomic mass is 35.5. The van der Waals surface area contributed by atoms with Gasteiger partial charge in [0.1, 0.15) is 28.9 Å². The van der Waals surface area contributed by atoms with Crippen molar-refractivity contribution in [2.75, 3.05) is 6.61 Å². The summed E-state index contributed by atoms with van der Waals surface area (Å²) in [5.74, 6) is -1.10. The van der Waals surface area contributed by atoms with Crippen molar-refractivity contribution in [3.63, 3.8) is 0 Å². The highest BCUT2D eigenvalue weighted by Gasteiger charge is 2.31. The molecule has 9 heteroatoms. The second kappa shape index (κ2) is 9.01. The Kier molecular flexibility index (Phi) is 6.59. The van der Waals surface area contributed by atoms with Gasteiger partial charge in [-0.25, -0.2) is 18.6 Å². The Balaban J connectivity index is 1.89. The van der Waals surface area contributed by atoms with Gasteiger partial charge in [-0.05, 0) is 37.0 Å². The first-order valence-electron chi connectivity index (χ1n) is 9.59. The van der Waals surface area contributed by atoms with Gasteiger partial charge in [-0.15, -0.1) is 0 Å². The number of hydrogen-bond donors (Lipinski definition) is 1. The van der Waals surface area contributed by atoms with Crippen LogP contribution < -0.4 is 10.5 Å². The van der Waals surface area contributed by atoms with Gasteiger partial charge >= 0.3 is 6.09 Å². The molecule has 1 atom stereocenters. The van der Waals surface area contributed by atoms with Crippen molar-refractivity contribution in [3.05, 3.63) is 53.3 Å². The summed E-state index contributed by atoms with van der Waals surface area (Å²) in [5, 5.41) is 0.339. The topological polar surface area (TPSA) is 87.3 Å². The molecule has 1 aromatic carbocycles. The van der Waals surface area contributed by atoms with Crippen LogP contribution in [0.5, 0.6) is 5.88 Å². The van der Waals surface area contributed by atoms with Gasteiger partial charge in [0.2, 0.25) is 5.88 Å². The third-order valence-electron chi connectivity index (χ3n) is 4.58. The van der Waals surface area contributed by atoms with Crippen molar-refractivity contribution in [1.82, 2.24) is 9.97 Å². The number of carbonyl (C=O) groups is 1. The van der Waals surface area contributed by atoms with Crippen molar-refractivity contribution in [1.29, 1.82) is 0 Å². The first kappa shape index (κ1) is 22.7. The van der Waals surface area contributed by atoms with Crippen molar-refractivity contribution in [2.24, 2.45) is 11.7 Å². The molecule has 0 fully saturated rings. The van der Waals surface area contributed by atoms with E-state index in [4.69, 9.17) is 26.8 Å². The standard InChI is InChI=1S/C22H22ClF2N3O3/c1-12(2)9-22(3,31-21(26)29)11-30-20-16(23)6-13(10-28-20)15-4-5-27-18-8-14(24)7-17(25)19(15)18/h4-8,10,12H,9,11H2,1-3H3,(H2,26,29). The molecule has 2 N–H and O–H groups in total. The number of amides is 1. The van der Waals surface area contributed by atoms with E-state index in [0.29, 0.717) is 17.5 Å². The largest absolute Gasteiger partial charge is 0.472 e. The minimum atomic E-state index is -0.960. The maximum Gasteiger partial charge on any atom is 0.405 e. The summed E-state index contributed by atoms with van der Waals surface area (Å²) in [4.78, 5) is 19.5. The first-order valence-corrected chi connectivity index (χ1v) is 9.97. The molecule has 0 radical (unpaired) electrons. The Morgan fingerprint density at radius 2 is 2.00 bits per heavy atom. The maximum absolute atomic E-state index is 14.4. The quantitative estimate of drug-likeness (QED) is 0.514. The third kappa shape index (κ3) is 5.38. The summed E-state index contributed by atoms with van der Waals surface area (Å²) in [6.07, 6.45) is 2.54. The minimum absolute atomic E-state index is 0.00766. The van der Waals surface area contributed by atoms with Gasteiger partial charge in [-0.3, -0.25) is 4.98 Å². The molecular formula is C22H22ClF2N3O3. The third-order valence-corrected chi connectivity index (χ3v) is 4.85. The number of fused-ring (bicyclic) bond motifs is 1. The van der Waals surface area contributed by atoms with Crippen molar-refractivity contribution in [3.8, 4) is 17.0 Å². The molecule has 0 aliphatic rings. The summed E-state index contributed by atoms with van der Waals surface area (Å²) in [7, 11) is 0. The van der Waals surface area contributed by atoms with E-state index < -0.39 is 23.3 Å². The van der Waals surface area contributed by atoms with Crippen molar-refractivity contribution >= 4 is 28.6 Å². The minimum Gasteiger partial charge on any atom is -0.472 e. The Morgan fingerprint density at radius 3 is 2.65 bits per heavy atom. The summed E-state index contributed by atoms with van der Waals surface area (Å²) in [6.45, 7) is 5.66. The summed E-state index contributed by atoms with van der Waals surface area (Å²) in [6, 6.07) is 5.12. The molecule has 0 saturated carbocycles. The molecule has 31 heavy (non-hydrogen) atoms. The van der Waals surface area contributed by atoms with Crippen LogP contribution in [0.25, 0.3) is 22.0 Å². The van der Waals surface area contributed by atoms with Gasteiger partial charge in [0.25, 0.3) is 0 Å². The number of carbonyl (C=O) groups excluding carboxylic acids is 1. The number of primary amides is 1. The normalized spacial score (nSPS) is 13.3. The van der Waals surface area contributed by atoms with E-state index in [0.717, 1.165) is 12.1 Å². The van der Waals surface area contributed by atoms with E-state index in [9.17, 15) is 13.6 Å². The molecule has 1 unspecified atom stereocenters. The molecule has 2 aromatic heterocycles. The van der Waals surface area contributed by atoms with Gasteiger partial charge < -0.3 is 15.2 Å². The van der Waals surface area contributed by atoms with Crippen LogP contribution >= 0.6 is 11.6 Å². The van der Waals surface area contributed by atoms with Crippen LogP contribution in [0.15, 0.2) is 36.7 Å². The maximum atomic E-state index is 14.4. The molecule has 0 bridgehead atoms. The number of rotatable bonds is 7. The van der Waals surface area contributed by atoms with E-state index in [1.807, 2.05) is 13.8 Å². The Bertz CT molecular complexity index is 1130. The number of hydrogen-bond acceptors (Lipinski definition) is 5. The zero-order valence-corrected chi connectivity index (χ0v) is 18.0. The summed E-state index contributed by atoms with van der Waals surface area (Å²) >= 11 is 6.35. The highest BCUT2D eigenvalue weighted by Crippen LogP contribution is 2.34. The molecule has 0 aliphatic heterocycles. The predicted octanol–water partition coefficient (Wildman–Crippen LogP) is 5.51. The van der Waals surface area contributed by atoms with Crippen LogP contribution in [0.1, 0.15) is 27.2 Å². The molecule has 0 spiro atoms. The fourth-order valence-corrected chi connectivity index (χ4v) is 3.80. The first-order chi connectivity index (χ1) is 14.6. The molecule has 3 aromatic rings. The number of nitrogens with two attached hydrogens (primary N) is 1. The van der Waals surface area contributed by atoms with Gasteiger partial charge in [0.05, 0.1) is 5.52 Å². The highest BCUT2D eigenvalue weighted by molar-refractivity contribution is 6.32. The van der Waals surface area contributed by atoms with E-state index in [-0.39, 0.29) is 34.3 Å². The number of halogens is 3. The lowest BCUT2D eigenvalue weighted by atomic mass is 9.95. The molecule has 0 saturated heterocycles. The average Bonchev–Trinajstić information content (AvgIpc) is 2.65. The monoisotopic (exact) mass is 449 g/mol.